The first-order valence-corrected chi connectivity index (χ1v) is 3.76. The Bertz CT molecular complexity index is 165. The van der Waals surface area contributed by atoms with E-state index in [1.165, 1.54) is 18.4 Å². The van der Waals surface area contributed by atoms with E-state index >= 15 is 0 Å². The van der Waals surface area contributed by atoms with Gasteiger partial charge in [0.25, 0.3) is 0 Å². The summed E-state index contributed by atoms with van der Waals surface area (Å²) in [5.41, 5.74) is 1.42. The molecule has 0 spiro atoms. The molecule has 0 aromatic heterocycles. The van der Waals surface area contributed by atoms with Crippen LogP contribution >= 0.6 is 0 Å². The van der Waals surface area contributed by atoms with Gasteiger partial charge in [0.15, 0.2) is 0 Å². The van der Waals surface area contributed by atoms with Gasteiger partial charge in [-0.3, -0.25) is 0 Å². The molecule has 1 rings (SSSR count). The predicted molar refractivity (Wildman–Crippen MR) is 44.7 cm³/mol. The molecule has 52 valence electrons. The molecule has 0 amide bonds. The average Bonchev–Trinajstić information content (AvgIpc) is 2.03. The summed E-state index contributed by atoms with van der Waals surface area (Å²) in [5.74, 6) is 0. The molecule has 0 saturated heterocycles. The third kappa shape index (κ3) is 2.14. The Kier molecular flexibility index (Phi) is 2.88. The molecule has 0 heteroatoms. The van der Waals surface area contributed by atoms with Crippen molar-refractivity contribution in [2.45, 2.75) is 19.3 Å². The lowest BCUT2D eigenvalue weighted by Gasteiger charge is -1.94. The van der Waals surface area contributed by atoms with Crippen molar-refractivity contribution in [2.24, 2.45) is 0 Å². The van der Waals surface area contributed by atoms with Crippen molar-refractivity contribution in [3.63, 3.8) is 0 Å². The normalized spacial score (nSPS) is 9.60. The van der Waals surface area contributed by atoms with E-state index < -0.39 is 0 Å². The van der Waals surface area contributed by atoms with Gasteiger partial charge >= 0.3 is 0 Å². The Morgan fingerprint density at radius 2 is 1.80 bits per heavy atom. The Hall–Kier alpha value is -0.910. The second-order valence-electron chi connectivity index (χ2n) is 2.44. The van der Waals surface area contributed by atoms with Crippen molar-refractivity contribution >= 4 is 0 Å². The highest BCUT2D eigenvalue weighted by atomic mass is 13.9. The van der Waals surface area contributed by atoms with E-state index in [0.717, 1.165) is 6.42 Å². The van der Waals surface area contributed by atoms with Crippen molar-refractivity contribution in [3.8, 4) is 0 Å². The molecule has 0 unspecified atom stereocenters. The zero-order valence-corrected chi connectivity index (χ0v) is 6.22. The lowest BCUT2D eigenvalue weighted by molar-refractivity contribution is 0.841. The molecule has 1 aromatic rings. The fourth-order valence-corrected chi connectivity index (χ4v) is 0.974. The standard InChI is InChI=1S/C10H13/c1-2-3-7-10-8-5-4-6-9-10/h4-6,8-9H,1-3,7H2/q+1. The van der Waals surface area contributed by atoms with Crippen molar-refractivity contribution in [1.82, 2.24) is 0 Å². The highest BCUT2D eigenvalue weighted by Crippen LogP contribution is 2.02. The van der Waals surface area contributed by atoms with Gasteiger partial charge in [0.1, 0.15) is 0 Å². The minimum absolute atomic E-state index is 1.04. The van der Waals surface area contributed by atoms with E-state index in [9.17, 15) is 0 Å². The summed E-state index contributed by atoms with van der Waals surface area (Å²) >= 11 is 0. The van der Waals surface area contributed by atoms with Crippen LogP contribution in [0.3, 0.4) is 0 Å². The molecule has 0 N–H and O–H groups in total. The molecule has 0 radical (unpaired) electrons. The molecule has 0 aliphatic carbocycles. The van der Waals surface area contributed by atoms with Crippen LogP contribution in [-0.2, 0) is 6.42 Å². The highest BCUT2D eigenvalue weighted by Gasteiger charge is 1.89. The topological polar surface area (TPSA) is 0 Å². The summed E-state index contributed by atoms with van der Waals surface area (Å²) in [7, 11) is 0. The quantitative estimate of drug-likeness (QED) is 0.556. The first-order chi connectivity index (χ1) is 4.93. The average molecular weight is 133 g/mol. The summed E-state index contributed by atoms with van der Waals surface area (Å²) in [4.78, 5) is 0. The summed E-state index contributed by atoms with van der Waals surface area (Å²) < 4.78 is 0. The lowest BCUT2D eigenvalue weighted by atomic mass is 10.1. The van der Waals surface area contributed by atoms with Crippen LogP contribution in [0.4, 0.5) is 0 Å². The summed E-state index contributed by atoms with van der Waals surface area (Å²) in [6.07, 6.45) is 3.41. The molecular formula is C10H13+. The highest BCUT2D eigenvalue weighted by molar-refractivity contribution is 5.14. The fraction of sp³-hybridized carbons (Fsp3) is 0.300. The van der Waals surface area contributed by atoms with Crippen molar-refractivity contribution < 1.29 is 0 Å². The van der Waals surface area contributed by atoms with Gasteiger partial charge in [-0.2, -0.15) is 0 Å². The number of hydrogen-bond donors (Lipinski definition) is 0. The second-order valence-corrected chi connectivity index (χ2v) is 2.44. The summed E-state index contributed by atoms with van der Waals surface area (Å²) in [6.45, 7) is 3.80. The van der Waals surface area contributed by atoms with Gasteiger partial charge in [-0.15, -0.1) is 0 Å². The number of benzene rings is 1. The van der Waals surface area contributed by atoms with Crippen molar-refractivity contribution in [2.75, 3.05) is 0 Å². The Balaban J connectivity index is 2.43. The van der Waals surface area contributed by atoms with Gasteiger partial charge in [0.05, 0.1) is 13.3 Å². The molecular weight excluding hydrogens is 120 g/mol. The molecule has 10 heavy (non-hydrogen) atoms. The van der Waals surface area contributed by atoms with E-state index in [-0.39, 0.29) is 0 Å². The zero-order chi connectivity index (χ0) is 7.23. The van der Waals surface area contributed by atoms with Crippen LogP contribution < -0.4 is 0 Å². The molecule has 0 atom stereocenters. The van der Waals surface area contributed by atoms with Crippen LogP contribution in [0, 0.1) is 6.92 Å². The van der Waals surface area contributed by atoms with E-state index in [4.69, 9.17) is 0 Å². The minimum Gasteiger partial charge on any atom is -0.0622 e. The third-order valence-corrected chi connectivity index (χ3v) is 1.56. The minimum atomic E-state index is 1.04. The number of aryl methyl sites for hydroxylation is 1. The van der Waals surface area contributed by atoms with Gasteiger partial charge in [-0.05, 0) is 18.4 Å². The first kappa shape index (κ1) is 7.20. The van der Waals surface area contributed by atoms with Crippen molar-refractivity contribution in [3.05, 3.63) is 42.8 Å². The van der Waals surface area contributed by atoms with Crippen molar-refractivity contribution in [1.29, 1.82) is 0 Å². The van der Waals surface area contributed by atoms with Gasteiger partial charge in [0, 0.05) is 0 Å². The van der Waals surface area contributed by atoms with E-state index in [1.54, 1.807) is 0 Å². The monoisotopic (exact) mass is 133 g/mol. The largest absolute Gasteiger partial charge is 0.0853 e. The van der Waals surface area contributed by atoms with E-state index in [2.05, 4.69) is 31.2 Å². The van der Waals surface area contributed by atoms with Crippen LogP contribution in [0.1, 0.15) is 18.4 Å². The van der Waals surface area contributed by atoms with Crippen LogP contribution in [-0.4, -0.2) is 0 Å². The van der Waals surface area contributed by atoms with E-state index in [0.29, 0.717) is 0 Å². The number of unbranched alkanes of at least 4 members (excludes halogenated alkanes) is 1. The van der Waals surface area contributed by atoms with Crippen LogP contribution in [0.25, 0.3) is 0 Å². The molecule has 0 aliphatic rings. The Labute approximate surface area is 62.9 Å². The maximum Gasteiger partial charge on any atom is 0.0853 e. The molecule has 0 bridgehead atoms. The van der Waals surface area contributed by atoms with Gasteiger partial charge < -0.3 is 0 Å². The van der Waals surface area contributed by atoms with Gasteiger partial charge in [-0.25, -0.2) is 0 Å². The number of rotatable bonds is 3. The molecule has 0 saturated carbocycles. The lowest BCUT2D eigenvalue weighted by Crippen LogP contribution is -1.81. The van der Waals surface area contributed by atoms with Gasteiger partial charge in [0.2, 0.25) is 0 Å². The molecule has 1 aromatic carbocycles. The third-order valence-electron chi connectivity index (χ3n) is 1.56. The second kappa shape index (κ2) is 3.99. The maximum atomic E-state index is 3.80. The zero-order valence-electron chi connectivity index (χ0n) is 6.22. The van der Waals surface area contributed by atoms with Crippen LogP contribution in [0.2, 0.25) is 0 Å². The fourth-order valence-electron chi connectivity index (χ4n) is 0.974. The van der Waals surface area contributed by atoms with Crippen LogP contribution in [0.15, 0.2) is 30.3 Å². The number of hydrogen-bond acceptors (Lipinski definition) is 0. The summed E-state index contributed by atoms with van der Waals surface area (Å²) in [5, 5.41) is 0. The first-order valence-electron chi connectivity index (χ1n) is 3.76. The molecule has 0 nitrogen and oxygen atoms in total. The summed E-state index contributed by atoms with van der Waals surface area (Å²) in [6, 6.07) is 10.5. The SMILES string of the molecule is [CH2+]CCCc1ccccc1. The Morgan fingerprint density at radius 3 is 2.40 bits per heavy atom. The smallest absolute Gasteiger partial charge is 0.0622 e. The predicted octanol–water partition coefficient (Wildman–Crippen LogP) is 2.84. The Morgan fingerprint density at radius 1 is 1.10 bits per heavy atom. The van der Waals surface area contributed by atoms with Crippen LogP contribution in [0.5, 0.6) is 0 Å². The molecule has 0 heterocycles. The van der Waals surface area contributed by atoms with E-state index in [1.807, 2.05) is 6.07 Å². The maximum absolute atomic E-state index is 3.80. The van der Waals surface area contributed by atoms with Gasteiger partial charge in [-0.1, -0.05) is 30.3 Å². The molecule has 0 fully saturated rings. The molecule has 0 aliphatic heterocycles.